The molecular weight excluding hydrogens is 681 g/mol. The van der Waals surface area contributed by atoms with Gasteiger partial charge < -0.3 is 33.2 Å². The number of methoxy groups -OCH3 is 2. The molecule has 0 aliphatic carbocycles. The van der Waals surface area contributed by atoms with Crippen LogP contribution in [0.25, 0.3) is 0 Å². The van der Waals surface area contributed by atoms with Crippen LogP contribution in [0.4, 0.5) is 0 Å². The Hall–Kier alpha value is -4.04. The van der Waals surface area contributed by atoms with Crippen LogP contribution in [0.15, 0.2) is 94.6 Å². The summed E-state index contributed by atoms with van der Waals surface area (Å²) in [6.07, 6.45) is -1.87. The number of hydrogen-bond donors (Lipinski definition) is 2. The van der Waals surface area contributed by atoms with Crippen molar-refractivity contribution in [3.63, 3.8) is 0 Å². The van der Waals surface area contributed by atoms with Gasteiger partial charge in [0.15, 0.2) is 8.32 Å². The van der Waals surface area contributed by atoms with E-state index in [0.29, 0.717) is 34.8 Å². The summed E-state index contributed by atoms with van der Waals surface area (Å²) in [5.74, 6) is 1.30. The Labute approximate surface area is 306 Å². The first-order valence-electron chi connectivity index (χ1n) is 17.6. The molecule has 2 heterocycles. The number of benzene rings is 3. The number of ether oxygens (including phenoxy) is 5. The lowest BCUT2D eigenvalue weighted by Crippen LogP contribution is -2.61. The predicted molar refractivity (Wildman–Crippen MR) is 202 cm³/mol. The maximum atomic E-state index is 13.3. The zero-order valence-corrected chi connectivity index (χ0v) is 32.4. The fraction of sp³-hybridized carbons (Fsp3) is 0.450. The van der Waals surface area contributed by atoms with E-state index in [1.807, 2.05) is 78.9 Å². The van der Waals surface area contributed by atoms with Crippen LogP contribution in [0.3, 0.4) is 0 Å². The van der Waals surface area contributed by atoms with Crippen LogP contribution >= 0.6 is 0 Å². The molecular formula is C40H52N2O9Si. The Balaban J connectivity index is 1.63. The van der Waals surface area contributed by atoms with Crippen LogP contribution in [0, 0.1) is 6.92 Å². The average molecular weight is 733 g/mol. The van der Waals surface area contributed by atoms with E-state index in [9.17, 15) is 14.7 Å². The molecule has 5 rings (SSSR count). The van der Waals surface area contributed by atoms with E-state index in [-0.39, 0.29) is 24.9 Å². The zero-order chi connectivity index (χ0) is 37.7. The summed E-state index contributed by atoms with van der Waals surface area (Å²) in [4.78, 5) is 28.0. The summed E-state index contributed by atoms with van der Waals surface area (Å²) in [6.45, 7) is 13.0. The van der Waals surface area contributed by atoms with Gasteiger partial charge in [-0.05, 0) is 66.0 Å². The molecule has 2 N–H and O–H groups in total. The minimum Gasteiger partial charge on any atom is -0.497 e. The summed E-state index contributed by atoms with van der Waals surface area (Å²) in [5, 5.41) is 12.6. The lowest BCUT2D eigenvalue weighted by Gasteiger charge is -2.49. The van der Waals surface area contributed by atoms with Crippen molar-refractivity contribution < 1.29 is 33.2 Å². The molecule has 0 spiro atoms. The Morgan fingerprint density at radius 2 is 1.46 bits per heavy atom. The van der Waals surface area contributed by atoms with Crippen molar-refractivity contribution in [3.8, 4) is 11.5 Å². The third-order valence-corrected chi connectivity index (χ3v) is 14.9. The molecule has 4 unspecified atom stereocenters. The zero-order valence-electron chi connectivity index (χ0n) is 31.4. The van der Waals surface area contributed by atoms with E-state index >= 15 is 0 Å². The molecule has 12 heteroatoms. The predicted octanol–water partition coefficient (Wildman–Crippen LogP) is 5.73. The van der Waals surface area contributed by atoms with Crippen molar-refractivity contribution in [2.45, 2.75) is 82.4 Å². The van der Waals surface area contributed by atoms with Crippen molar-refractivity contribution in [3.05, 3.63) is 128 Å². The Bertz CT molecular complexity index is 1820. The third-order valence-electron chi connectivity index (χ3n) is 10.4. The number of aliphatic hydroxyl groups excluding tert-OH is 1. The number of hydrogen-bond acceptors (Lipinski definition) is 9. The molecule has 1 fully saturated rings. The Morgan fingerprint density at radius 3 is 2.00 bits per heavy atom. The van der Waals surface area contributed by atoms with Crippen molar-refractivity contribution >= 4 is 8.32 Å². The Kier molecular flexibility index (Phi) is 12.3. The first-order valence-corrected chi connectivity index (χ1v) is 20.5. The van der Waals surface area contributed by atoms with Crippen molar-refractivity contribution in [1.82, 2.24) is 9.55 Å². The van der Waals surface area contributed by atoms with Gasteiger partial charge in [-0.2, -0.15) is 0 Å². The van der Waals surface area contributed by atoms with Crippen LogP contribution in [0.1, 0.15) is 49.1 Å². The Morgan fingerprint density at radius 1 is 0.885 bits per heavy atom. The monoisotopic (exact) mass is 732 g/mol. The fourth-order valence-electron chi connectivity index (χ4n) is 6.32. The van der Waals surface area contributed by atoms with E-state index < -0.39 is 49.5 Å². The topological polar surface area (TPSA) is 130 Å². The van der Waals surface area contributed by atoms with Gasteiger partial charge >= 0.3 is 5.69 Å². The van der Waals surface area contributed by atoms with E-state index in [1.165, 1.54) is 10.8 Å². The minimum atomic E-state index is -2.11. The highest BCUT2D eigenvalue weighted by Gasteiger charge is 2.54. The van der Waals surface area contributed by atoms with Crippen LogP contribution in [-0.4, -0.2) is 75.3 Å². The molecule has 0 radical (unpaired) electrons. The molecule has 4 atom stereocenters. The molecule has 1 aromatic heterocycles. The lowest BCUT2D eigenvalue weighted by atomic mass is 9.76. The van der Waals surface area contributed by atoms with Gasteiger partial charge in [-0.25, -0.2) is 4.79 Å². The van der Waals surface area contributed by atoms with Gasteiger partial charge in [-0.15, -0.1) is 0 Å². The highest BCUT2D eigenvalue weighted by molar-refractivity contribution is 6.74. The summed E-state index contributed by atoms with van der Waals surface area (Å²) in [6, 6.07) is 23.9. The molecule has 1 saturated heterocycles. The maximum Gasteiger partial charge on any atom is 0.328 e. The molecule has 0 amide bonds. The standard InChI is InChI=1S/C40H52N2O9Si/c1-27-24-42(38(45)41-37(27)44)33-26-49-36(34(43)35(33)48-22-23-51-52(7,8)39(2,3)4)40(29-14-18-31(46-5)19-15-29,30-16-20-32(47-6)21-17-30)50-25-28-12-10-9-11-13-28/h9-21,24,33-36,43H,22-23,25-26H2,1-8H3,(H,41,44,45). The first-order chi connectivity index (χ1) is 24.7. The molecule has 4 aromatic rings. The molecule has 0 bridgehead atoms. The molecule has 52 heavy (non-hydrogen) atoms. The summed E-state index contributed by atoms with van der Waals surface area (Å²) < 4.78 is 39.1. The lowest BCUT2D eigenvalue weighted by molar-refractivity contribution is -0.239. The largest absolute Gasteiger partial charge is 0.497 e. The van der Waals surface area contributed by atoms with Crippen LogP contribution in [0.2, 0.25) is 18.1 Å². The number of aromatic amines is 1. The van der Waals surface area contributed by atoms with Gasteiger partial charge in [0, 0.05) is 11.8 Å². The van der Waals surface area contributed by atoms with Gasteiger partial charge in [0.1, 0.15) is 35.4 Å². The van der Waals surface area contributed by atoms with Crippen LogP contribution in [0.5, 0.6) is 11.5 Å². The second kappa shape index (κ2) is 16.3. The molecule has 280 valence electrons. The first kappa shape index (κ1) is 39.2. The number of H-pyrrole nitrogens is 1. The smallest absolute Gasteiger partial charge is 0.328 e. The van der Waals surface area contributed by atoms with Gasteiger partial charge in [0.05, 0.1) is 46.7 Å². The molecule has 0 saturated carbocycles. The maximum absolute atomic E-state index is 13.3. The highest BCUT2D eigenvalue weighted by Crippen LogP contribution is 2.45. The van der Waals surface area contributed by atoms with Gasteiger partial charge in [-0.1, -0.05) is 75.4 Å². The highest BCUT2D eigenvalue weighted by atomic mass is 28.4. The SMILES string of the molecule is COc1ccc(C(OCc2ccccc2)(c2ccc(OC)cc2)C2OCC(n3cc(C)c(=O)[nH]c3=O)C(OCCO[Si](C)(C)C(C)(C)C)C2O)cc1. The number of aryl methyl sites for hydroxylation is 1. The van der Waals surface area contributed by atoms with Crippen LogP contribution in [-0.2, 0) is 30.8 Å². The molecule has 1 aliphatic rings. The number of rotatable bonds is 14. The number of aliphatic hydroxyl groups is 1. The van der Waals surface area contributed by atoms with Gasteiger partial charge in [-0.3, -0.25) is 14.3 Å². The second-order valence-corrected chi connectivity index (χ2v) is 19.5. The molecule has 1 aliphatic heterocycles. The van der Waals surface area contributed by atoms with Crippen LogP contribution < -0.4 is 20.7 Å². The quantitative estimate of drug-likeness (QED) is 0.123. The third kappa shape index (κ3) is 8.27. The second-order valence-electron chi connectivity index (χ2n) is 14.7. The summed E-state index contributed by atoms with van der Waals surface area (Å²) in [7, 11) is 1.10. The molecule has 11 nitrogen and oxygen atoms in total. The van der Waals surface area contributed by atoms with E-state index in [2.05, 4.69) is 38.8 Å². The van der Waals surface area contributed by atoms with E-state index in [1.54, 1.807) is 21.1 Å². The van der Waals surface area contributed by atoms with E-state index in [0.717, 1.165) is 5.56 Å². The van der Waals surface area contributed by atoms with Gasteiger partial charge in [0.25, 0.3) is 5.56 Å². The number of nitrogens with one attached hydrogen (secondary N) is 1. The van der Waals surface area contributed by atoms with Crippen molar-refractivity contribution in [2.24, 2.45) is 0 Å². The summed E-state index contributed by atoms with van der Waals surface area (Å²) in [5.41, 5.74) is 0.158. The van der Waals surface area contributed by atoms with Gasteiger partial charge in [0.2, 0.25) is 0 Å². The minimum absolute atomic E-state index is 0.00794. The fourth-order valence-corrected chi connectivity index (χ4v) is 7.35. The average Bonchev–Trinajstić information content (AvgIpc) is 3.13. The number of nitrogens with zero attached hydrogens (tertiary/aromatic N) is 1. The number of aromatic nitrogens is 2. The van der Waals surface area contributed by atoms with Crippen molar-refractivity contribution in [2.75, 3.05) is 34.0 Å². The molecule has 3 aromatic carbocycles. The van der Waals surface area contributed by atoms with E-state index in [4.69, 9.17) is 28.1 Å². The normalized spacial score (nSPS) is 19.7. The van der Waals surface area contributed by atoms with Crippen molar-refractivity contribution in [1.29, 1.82) is 0 Å². The summed E-state index contributed by atoms with van der Waals surface area (Å²) >= 11 is 0.